The van der Waals surface area contributed by atoms with Crippen LogP contribution in [0.15, 0.2) is 66.9 Å². The molecule has 1 aromatic heterocycles. The van der Waals surface area contributed by atoms with Crippen LogP contribution in [-0.2, 0) is 9.53 Å². The topological polar surface area (TPSA) is 101 Å². The number of fused-ring (bicyclic) bond motifs is 2. The lowest BCUT2D eigenvalue weighted by molar-refractivity contribution is -0.143. The number of halogens is 2. The molecular formula is C30H23Cl2N3O4. The van der Waals surface area contributed by atoms with E-state index in [1.165, 1.54) is 6.20 Å². The predicted octanol–water partition coefficient (Wildman–Crippen LogP) is 6.63. The van der Waals surface area contributed by atoms with Gasteiger partial charge in [0.25, 0.3) is 5.91 Å². The van der Waals surface area contributed by atoms with Crippen molar-refractivity contribution >= 4 is 46.0 Å². The van der Waals surface area contributed by atoms with E-state index in [-0.39, 0.29) is 23.8 Å². The number of nitrogens with one attached hydrogen (secondary N) is 1. The molecule has 9 heteroatoms. The van der Waals surface area contributed by atoms with Gasteiger partial charge in [-0.15, -0.1) is 0 Å². The normalized spacial score (nSPS) is 15.0. The highest BCUT2D eigenvalue weighted by Gasteiger charge is 2.31. The van der Waals surface area contributed by atoms with Gasteiger partial charge in [0.15, 0.2) is 5.92 Å². The molecule has 0 spiro atoms. The number of carbonyl (C=O) groups excluding carboxylic acids is 2. The second-order valence-corrected chi connectivity index (χ2v) is 9.83. The number of rotatable bonds is 6. The number of esters is 1. The number of benzene rings is 3. The zero-order valence-corrected chi connectivity index (χ0v) is 22.4. The summed E-state index contributed by atoms with van der Waals surface area (Å²) in [5.74, 6) is -1.84. The van der Waals surface area contributed by atoms with E-state index in [1.807, 2.05) is 36.4 Å². The van der Waals surface area contributed by atoms with E-state index < -0.39 is 17.8 Å². The molecule has 2 heterocycles. The minimum absolute atomic E-state index is 0.0900. The Morgan fingerprint density at radius 2 is 1.92 bits per heavy atom. The standard InChI is InChI=1S/C30H23Cl2N3O4/c1-2-38-30(37)23(15-33)27-22-8-5-7-20(17-12-18(31)14-19(32)13-17)28(22)34-16-24(27)29(36)35-25-10-11-39-26-9-4-3-6-21(25)26/h3-9,12-14,16,23,25H,2,10-11H2,1H3,(H,35,36)/t23?,25-/m0/s1. The number of nitrogens with zero attached hydrogens (tertiary/aromatic N) is 2. The van der Waals surface area contributed by atoms with Gasteiger partial charge in [0.2, 0.25) is 0 Å². The Kier molecular flexibility index (Phi) is 7.69. The molecule has 0 fully saturated rings. The SMILES string of the molecule is CCOC(=O)C(C#N)c1c(C(=O)N[C@H]2CCOc3ccccc32)cnc2c(-c3cc(Cl)cc(Cl)c3)cccc12. The highest BCUT2D eigenvalue weighted by Crippen LogP contribution is 2.37. The van der Waals surface area contributed by atoms with E-state index in [1.54, 1.807) is 37.3 Å². The van der Waals surface area contributed by atoms with Crippen LogP contribution in [-0.4, -0.2) is 30.1 Å². The Bertz CT molecular complexity index is 1610. The number of hydrogen-bond acceptors (Lipinski definition) is 6. The van der Waals surface area contributed by atoms with E-state index >= 15 is 0 Å². The molecule has 1 N–H and O–H groups in total. The monoisotopic (exact) mass is 559 g/mol. The average Bonchev–Trinajstić information content (AvgIpc) is 2.93. The first kappa shape index (κ1) is 26.5. The summed E-state index contributed by atoms with van der Waals surface area (Å²) in [6.45, 7) is 2.20. The van der Waals surface area contributed by atoms with Crippen LogP contribution < -0.4 is 10.1 Å². The van der Waals surface area contributed by atoms with E-state index in [0.717, 1.165) is 5.56 Å². The Morgan fingerprint density at radius 1 is 1.15 bits per heavy atom. The summed E-state index contributed by atoms with van der Waals surface area (Å²) in [4.78, 5) is 31.3. The van der Waals surface area contributed by atoms with Crippen molar-refractivity contribution in [1.29, 1.82) is 5.26 Å². The quantitative estimate of drug-likeness (QED) is 0.266. The molecular weight excluding hydrogens is 537 g/mol. The van der Waals surface area contributed by atoms with Gasteiger partial charge in [0.05, 0.1) is 36.4 Å². The second-order valence-electron chi connectivity index (χ2n) is 8.96. The lowest BCUT2D eigenvalue weighted by Crippen LogP contribution is -2.33. The summed E-state index contributed by atoms with van der Waals surface area (Å²) in [5.41, 5.74) is 3.08. The van der Waals surface area contributed by atoms with Crippen LogP contribution in [0.2, 0.25) is 10.0 Å². The highest BCUT2D eigenvalue weighted by atomic mass is 35.5. The third kappa shape index (κ3) is 5.26. The molecule has 3 aromatic carbocycles. The van der Waals surface area contributed by atoms with E-state index in [4.69, 9.17) is 32.7 Å². The summed E-state index contributed by atoms with van der Waals surface area (Å²) >= 11 is 12.5. The first-order chi connectivity index (χ1) is 18.9. The number of hydrogen-bond donors (Lipinski definition) is 1. The number of nitriles is 1. The van der Waals surface area contributed by atoms with E-state index in [9.17, 15) is 14.9 Å². The third-order valence-electron chi connectivity index (χ3n) is 6.56. The molecule has 0 saturated carbocycles. The molecule has 1 unspecified atom stereocenters. The summed E-state index contributed by atoms with van der Waals surface area (Å²) in [6.07, 6.45) is 1.97. The Hall–Kier alpha value is -4.12. The van der Waals surface area contributed by atoms with Crippen molar-refractivity contribution in [2.75, 3.05) is 13.2 Å². The second kappa shape index (κ2) is 11.3. The van der Waals surface area contributed by atoms with Crippen LogP contribution in [0, 0.1) is 11.3 Å². The first-order valence-electron chi connectivity index (χ1n) is 12.4. The summed E-state index contributed by atoms with van der Waals surface area (Å²) in [6, 6.07) is 19.7. The number of pyridine rings is 1. The fourth-order valence-electron chi connectivity index (χ4n) is 4.87. The van der Waals surface area contributed by atoms with Crippen LogP contribution >= 0.6 is 23.2 Å². The largest absolute Gasteiger partial charge is 0.493 e. The van der Waals surface area contributed by atoms with Crippen molar-refractivity contribution in [2.24, 2.45) is 0 Å². The fraction of sp³-hybridized carbons (Fsp3) is 0.200. The Morgan fingerprint density at radius 3 is 2.67 bits per heavy atom. The predicted molar refractivity (Wildman–Crippen MR) is 149 cm³/mol. The van der Waals surface area contributed by atoms with Gasteiger partial charge >= 0.3 is 5.97 Å². The molecule has 1 aliphatic rings. The van der Waals surface area contributed by atoms with Gasteiger partial charge in [0.1, 0.15) is 5.75 Å². The Balaban J connectivity index is 1.66. The summed E-state index contributed by atoms with van der Waals surface area (Å²) < 4.78 is 10.9. The van der Waals surface area contributed by atoms with Crippen LogP contribution in [0.1, 0.15) is 46.8 Å². The maximum atomic E-state index is 13.7. The van der Waals surface area contributed by atoms with Crippen molar-refractivity contribution in [3.63, 3.8) is 0 Å². The van der Waals surface area contributed by atoms with Gasteiger partial charge in [-0.05, 0) is 36.8 Å². The molecule has 2 atom stereocenters. The number of para-hydroxylation sites is 2. The maximum absolute atomic E-state index is 13.7. The molecule has 196 valence electrons. The molecule has 0 saturated heterocycles. The molecule has 5 rings (SSSR count). The average molecular weight is 560 g/mol. The Labute approximate surface area is 235 Å². The molecule has 0 radical (unpaired) electrons. The molecule has 4 aromatic rings. The lowest BCUT2D eigenvalue weighted by atomic mass is 9.89. The third-order valence-corrected chi connectivity index (χ3v) is 7.00. The molecule has 0 bridgehead atoms. The smallest absolute Gasteiger partial charge is 0.327 e. The molecule has 7 nitrogen and oxygen atoms in total. The van der Waals surface area contributed by atoms with Gasteiger partial charge in [-0.2, -0.15) is 5.26 Å². The molecule has 1 amide bonds. The summed E-state index contributed by atoms with van der Waals surface area (Å²) in [7, 11) is 0. The van der Waals surface area contributed by atoms with Crippen molar-refractivity contribution in [1.82, 2.24) is 10.3 Å². The van der Waals surface area contributed by atoms with Crippen LogP contribution in [0.3, 0.4) is 0 Å². The van der Waals surface area contributed by atoms with Crippen molar-refractivity contribution in [2.45, 2.75) is 25.3 Å². The van der Waals surface area contributed by atoms with Gasteiger partial charge < -0.3 is 14.8 Å². The highest BCUT2D eigenvalue weighted by molar-refractivity contribution is 6.35. The fourth-order valence-corrected chi connectivity index (χ4v) is 5.39. The summed E-state index contributed by atoms with van der Waals surface area (Å²) in [5, 5.41) is 14.5. The first-order valence-corrected chi connectivity index (χ1v) is 13.1. The molecule has 1 aliphatic heterocycles. The number of aromatic nitrogens is 1. The minimum Gasteiger partial charge on any atom is -0.493 e. The van der Waals surface area contributed by atoms with Crippen LogP contribution in [0.5, 0.6) is 5.75 Å². The van der Waals surface area contributed by atoms with Crippen molar-refractivity contribution in [3.8, 4) is 22.9 Å². The van der Waals surface area contributed by atoms with Gasteiger partial charge in [-0.1, -0.05) is 59.6 Å². The van der Waals surface area contributed by atoms with Crippen molar-refractivity contribution < 1.29 is 19.1 Å². The van der Waals surface area contributed by atoms with Gasteiger partial charge in [0, 0.05) is 44.7 Å². The number of ether oxygens (including phenoxy) is 2. The van der Waals surface area contributed by atoms with E-state index in [2.05, 4.69) is 10.3 Å². The zero-order chi connectivity index (χ0) is 27.5. The maximum Gasteiger partial charge on any atom is 0.327 e. The van der Waals surface area contributed by atoms with E-state index in [0.29, 0.717) is 50.9 Å². The zero-order valence-electron chi connectivity index (χ0n) is 20.9. The minimum atomic E-state index is -1.35. The van der Waals surface area contributed by atoms with Crippen molar-refractivity contribution in [3.05, 3.63) is 93.6 Å². The lowest BCUT2D eigenvalue weighted by Gasteiger charge is -2.27. The molecule has 39 heavy (non-hydrogen) atoms. The van der Waals surface area contributed by atoms with Crippen LogP contribution in [0.4, 0.5) is 0 Å². The number of amides is 1. The number of carbonyl (C=O) groups is 2. The molecule has 0 aliphatic carbocycles. The van der Waals surface area contributed by atoms with Gasteiger partial charge in [-0.25, -0.2) is 0 Å². The van der Waals surface area contributed by atoms with Crippen LogP contribution in [0.25, 0.3) is 22.0 Å². The van der Waals surface area contributed by atoms with Gasteiger partial charge in [-0.3, -0.25) is 14.6 Å².